The molecule has 4 heteroatoms. The van der Waals surface area contributed by atoms with E-state index in [-0.39, 0.29) is 5.41 Å². The Morgan fingerprint density at radius 2 is 1.32 bits per heavy atom. The van der Waals surface area contributed by atoms with Gasteiger partial charge in [0.05, 0.1) is 11.2 Å². The van der Waals surface area contributed by atoms with Gasteiger partial charge in [-0.25, -0.2) is 4.98 Å². The summed E-state index contributed by atoms with van der Waals surface area (Å²) in [4.78, 5) is 15.1. The Kier molecular flexibility index (Phi) is 4.96. The van der Waals surface area contributed by atoms with Crippen molar-refractivity contribution in [3.05, 3.63) is 126 Å². The average Bonchev–Trinajstić information content (AvgIpc) is 3.45. The van der Waals surface area contributed by atoms with Crippen LogP contribution in [0, 0.1) is 0 Å². The summed E-state index contributed by atoms with van der Waals surface area (Å²) in [6.07, 6.45) is 6.55. The summed E-state index contributed by atoms with van der Waals surface area (Å²) < 4.78 is 2.26. The molecule has 2 aliphatic carbocycles. The zero-order chi connectivity index (χ0) is 26.8. The van der Waals surface area contributed by atoms with E-state index in [9.17, 15) is 0 Å². The van der Waals surface area contributed by atoms with Crippen molar-refractivity contribution >= 4 is 17.0 Å². The van der Waals surface area contributed by atoms with Gasteiger partial charge < -0.3 is 0 Å². The predicted molar refractivity (Wildman–Crippen MR) is 162 cm³/mol. The number of aryl methyl sites for hydroxylation is 1. The molecule has 2 aromatic heterocycles. The molecule has 0 aliphatic heterocycles. The second-order valence-corrected chi connectivity index (χ2v) is 11.2. The molecule has 6 aromatic rings. The Labute approximate surface area is 233 Å². The minimum atomic E-state index is -0.0882. The van der Waals surface area contributed by atoms with Crippen LogP contribution < -0.4 is 0 Å². The highest BCUT2D eigenvalue weighted by Crippen LogP contribution is 2.51. The molecule has 0 spiro atoms. The van der Waals surface area contributed by atoms with E-state index in [0.29, 0.717) is 17.6 Å². The van der Waals surface area contributed by atoms with Crippen molar-refractivity contribution in [2.45, 2.75) is 32.1 Å². The van der Waals surface area contributed by atoms with Crippen molar-refractivity contribution in [1.29, 1.82) is 0 Å². The highest BCUT2D eigenvalue weighted by Gasteiger charge is 2.36. The van der Waals surface area contributed by atoms with Crippen LogP contribution in [-0.2, 0) is 11.8 Å². The van der Waals surface area contributed by atoms with Crippen LogP contribution in [0.1, 0.15) is 42.7 Å². The molecule has 0 N–H and O–H groups in total. The number of fused-ring (bicyclic) bond motifs is 6. The van der Waals surface area contributed by atoms with Crippen molar-refractivity contribution < 1.29 is 0 Å². The van der Waals surface area contributed by atoms with Crippen molar-refractivity contribution in [2.24, 2.45) is 0 Å². The summed E-state index contributed by atoms with van der Waals surface area (Å²) >= 11 is 0. The summed E-state index contributed by atoms with van der Waals surface area (Å²) in [7, 11) is 0. The Bertz CT molecular complexity index is 1910. The monoisotopic (exact) mass is 516 g/mol. The molecule has 0 radical (unpaired) electrons. The fourth-order valence-corrected chi connectivity index (χ4v) is 6.54. The maximum Gasteiger partial charge on any atom is 0.238 e. The van der Waals surface area contributed by atoms with Crippen LogP contribution in [0.5, 0.6) is 0 Å². The molecule has 4 nitrogen and oxygen atoms in total. The zero-order valence-corrected chi connectivity index (χ0v) is 22.6. The second kappa shape index (κ2) is 8.59. The SMILES string of the molecule is CC1(C)c2ccccc2-c2cc3c4c(n(-c5nc(-c6ccccc6)nc(-c6ccccc6)n5)c3cc21)C=CCC4. The quantitative estimate of drug-likeness (QED) is 0.237. The molecule has 0 fully saturated rings. The first-order chi connectivity index (χ1) is 19.6. The molecule has 0 atom stereocenters. The van der Waals surface area contributed by atoms with E-state index in [0.717, 1.165) is 29.5 Å². The van der Waals surface area contributed by atoms with Gasteiger partial charge in [0.1, 0.15) is 0 Å². The second-order valence-electron chi connectivity index (χ2n) is 11.2. The molecule has 2 heterocycles. The van der Waals surface area contributed by atoms with Gasteiger partial charge in [-0.1, -0.05) is 105 Å². The van der Waals surface area contributed by atoms with E-state index in [2.05, 4.69) is 91.2 Å². The summed E-state index contributed by atoms with van der Waals surface area (Å²) in [6.45, 7) is 4.67. The normalized spacial score (nSPS) is 14.7. The van der Waals surface area contributed by atoms with Crippen LogP contribution in [0.3, 0.4) is 0 Å². The number of hydrogen-bond acceptors (Lipinski definition) is 3. The maximum absolute atomic E-state index is 5.11. The summed E-state index contributed by atoms with van der Waals surface area (Å²) in [5.41, 5.74) is 11.0. The molecule has 2 aliphatic rings. The Hall–Kier alpha value is -4.83. The number of aromatic nitrogens is 4. The van der Waals surface area contributed by atoms with Crippen LogP contribution in [0.4, 0.5) is 0 Å². The van der Waals surface area contributed by atoms with Gasteiger partial charge in [0.25, 0.3) is 0 Å². The first-order valence-corrected chi connectivity index (χ1v) is 13.9. The van der Waals surface area contributed by atoms with Crippen molar-refractivity contribution in [3.8, 4) is 39.9 Å². The molecule has 8 rings (SSSR count). The largest absolute Gasteiger partial charge is 0.278 e. The molecule has 0 saturated heterocycles. The Balaban J connectivity index is 1.44. The number of allylic oxidation sites excluding steroid dienone is 1. The molecule has 40 heavy (non-hydrogen) atoms. The first kappa shape index (κ1) is 23.1. The number of benzene rings is 4. The van der Waals surface area contributed by atoms with Gasteiger partial charge >= 0.3 is 0 Å². The topological polar surface area (TPSA) is 43.6 Å². The Morgan fingerprint density at radius 3 is 2.02 bits per heavy atom. The smallest absolute Gasteiger partial charge is 0.238 e. The lowest BCUT2D eigenvalue weighted by atomic mass is 9.82. The van der Waals surface area contributed by atoms with Crippen LogP contribution in [-0.4, -0.2) is 19.5 Å². The summed E-state index contributed by atoms with van der Waals surface area (Å²) in [5.74, 6) is 2.00. The number of nitrogens with zero attached hydrogens (tertiary/aromatic N) is 4. The fraction of sp³-hybridized carbons (Fsp3) is 0.139. The van der Waals surface area contributed by atoms with Crippen molar-refractivity contribution in [3.63, 3.8) is 0 Å². The summed E-state index contributed by atoms with van der Waals surface area (Å²) in [5, 5.41) is 1.29. The van der Waals surface area contributed by atoms with Gasteiger partial charge in [-0.2, -0.15) is 9.97 Å². The van der Waals surface area contributed by atoms with E-state index in [1.54, 1.807) is 0 Å². The molecular formula is C36H28N4. The number of rotatable bonds is 3. The minimum absolute atomic E-state index is 0.0882. The van der Waals surface area contributed by atoms with Gasteiger partial charge in [-0.05, 0) is 58.9 Å². The number of hydrogen-bond donors (Lipinski definition) is 0. The first-order valence-electron chi connectivity index (χ1n) is 13.9. The van der Waals surface area contributed by atoms with Gasteiger partial charge in [-0.15, -0.1) is 0 Å². The molecule has 192 valence electrons. The van der Waals surface area contributed by atoms with Crippen LogP contribution >= 0.6 is 0 Å². The third-order valence-corrected chi connectivity index (χ3v) is 8.54. The molecule has 4 aromatic carbocycles. The average molecular weight is 517 g/mol. The van der Waals surface area contributed by atoms with E-state index in [1.165, 1.54) is 38.9 Å². The zero-order valence-electron chi connectivity index (χ0n) is 22.6. The highest BCUT2D eigenvalue weighted by atomic mass is 15.2. The Morgan fingerprint density at radius 1 is 0.675 bits per heavy atom. The molecular weight excluding hydrogens is 488 g/mol. The van der Waals surface area contributed by atoms with Gasteiger partial charge in [0.2, 0.25) is 5.95 Å². The lowest BCUT2D eigenvalue weighted by Gasteiger charge is -2.21. The maximum atomic E-state index is 5.11. The van der Waals surface area contributed by atoms with Crippen molar-refractivity contribution in [2.75, 3.05) is 0 Å². The van der Waals surface area contributed by atoms with Gasteiger partial charge in [0.15, 0.2) is 11.6 Å². The van der Waals surface area contributed by atoms with Crippen LogP contribution in [0.25, 0.3) is 56.8 Å². The highest BCUT2D eigenvalue weighted by molar-refractivity contribution is 5.97. The molecule has 0 saturated carbocycles. The third kappa shape index (κ3) is 3.35. The summed E-state index contributed by atoms with van der Waals surface area (Å²) in [6, 6.07) is 34.0. The lowest BCUT2D eigenvalue weighted by Crippen LogP contribution is -2.15. The van der Waals surface area contributed by atoms with Crippen LogP contribution in [0.2, 0.25) is 0 Å². The minimum Gasteiger partial charge on any atom is -0.278 e. The molecule has 0 amide bonds. The fourth-order valence-electron chi connectivity index (χ4n) is 6.54. The van der Waals surface area contributed by atoms with Crippen LogP contribution in [0.15, 0.2) is 103 Å². The van der Waals surface area contributed by atoms with E-state index >= 15 is 0 Å². The predicted octanol–water partition coefficient (Wildman–Crippen LogP) is 8.42. The van der Waals surface area contributed by atoms with Crippen molar-refractivity contribution in [1.82, 2.24) is 19.5 Å². The third-order valence-electron chi connectivity index (χ3n) is 8.54. The van der Waals surface area contributed by atoms with Gasteiger partial charge in [-0.3, -0.25) is 4.57 Å². The molecule has 0 unspecified atom stereocenters. The van der Waals surface area contributed by atoms with E-state index in [4.69, 9.17) is 15.0 Å². The standard InChI is InChI=1S/C36H28N4/c1-36(2)29-19-11-9-17-25(29)27-21-28-26-18-10-12-20-31(26)40(32(28)22-30(27)36)35-38-33(23-13-5-3-6-14-23)37-34(39-35)24-15-7-4-8-16-24/h3-9,11-17,19-22H,10,18H2,1-2H3. The molecule has 0 bridgehead atoms. The van der Waals surface area contributed by atoms with E-state index < -0.39 is 0 Å². The van der Waals surface area contributed by atoms with Gasteiger partial charge in [0, 0.05) is 21.9 Å². The lowest BCUT2D eigenvalue weighted by molar-refractivity contribution is 0.661. The van der Waals surface area contributed by atoms with E-state index in [1.807, 2.05) is 36.4 Å².